The van der Waals surface area contributed by atoms with Crippen molar-refractivity contribution in [3.63, 3.8) is 0 Å². The van der Waals surface area contributed by atoms with Crippen LogP contribution in [0.25, 0.3) is 21.2 Å². The lowest BCUT2D eigenvalue weighted by Crippen LogP contribution is -2.01. The van der Waals surface area contributed by atoms with Crippen molar-refractivity contribution >= 4 is 55.9 Å². The minimum atomic E-state index is -0.0753. The fourth-order valence-electron chi connectivity index (χ4n) is 2.30. The van der Waals surface area contributed by atoms with Gasteiger partial charge in [-0.3, -0.25) is 4.79 Å². The first-order valence-corrected chi connectivity index (χ1v) is 9.08. The highest BCUT2D eigenvalue weighted by atomic mass is 35.5. The number of benzene rings is 2. The van der Waals surface area contributed by atoms with Gasteiger partial charge in [-0.05, 0) is 30.3 Å². The largest absolute Gasteiger partial charge is 0.460 e. The van der Waals surface area contributed by atoms with Crippen LogP contribution < -0.4 is 5.43 Å². The lowest BCUT2D eigenvalue weighted by atomic mass is 10.2. The summed E-state index contributed by atoms with van der Waals surface area (Å²) in [6.07, 6.45) is 0. The molecule has 3 nitrogen and oxygen atoms in total. The van der Waals surface area contributed by atoms with Crippen LogP contribution in [0.4, 0.5) is 0 Å². The molecule has 0 atom stereocenters. The number of aromatic nitrogens is 1. The van der Waals surface area contributed by atoms with Crippen molar-refractivity contribution in [3.8, 4) is 0 Å². The Labute approximate surface area is 144 Å². The van der Waals surface area contributed by atoms with E-state index >= 15 is 0 Å². The summed E-state index contributed by atoms with van der Waals surface area (Å²) in [7, 11) is 0. The zero-order valence-corrected chi connectivity index (χ0v) is 14.2. The SMILES string of the molecule is O=c1cc(CSc2nc3ccccc3s2)oc2ccc(Cl)cc12. The molecule has 0 radical (unpaired) electrons. The van der Waals surface area contributed by atoms with Gasteiger partial charge in [-0.25, -0.2) is 4.98 Å². The van der Waals surface area contributed by atoms with Crippen LogP contribution in [-0.4, -0.2) is 4.98 Å². The summed E-state index contributed by atoms with van der Waals surface area (Å²) in [6.45, 7) is 0. The maximum absolute atomic E-state index is 12.2. The number of para-hydroxylation sites is 1. The molecule has 0 aliphatic heterocycles. The van der Waals surface area contributed by atoms with E-state index < -0.39 is 0 Å². The van der Waals surface area contributed by atoms with Crippen LogP contribution in [0.2, 0.25) is 5.02 Å². The minimum absolute atomic E-state index is 0.0753. The molecule has 114 valence electrons. The number of hydrogen-bond acceptors (Lipinski definition) is 5. The number of hydrogen-bond donors (Lipinski definition) is 0. The van der Waals surface area contributed by atoms with Crippen LogP contribution in [0.3, 0.4) is 0 Å². The highest BCUT2D eigenvalue weighted by Gasteiger charge is 2.08. The third kappa shape index (κ3) is 3.00. The molecule has 0 aliphatic rings. The van der Waals surface area contributed by atoms with Crippen LogP contribution >= 0.6 is 34.7 Å². The minimum Gasteiger partial charge on any atom is -0.460 e. The molecular weight excluding hydrogens is 350 g/mol. The van der Waals surface area contributed by atoms with Crippen LogP contribution in [0.1, 0.15) is 5.76 Å². The Morgan fingerprint density at radius 3 is 2.91 bits per heavy atom. The number of nitrogens with zero attached hydrogens (tertiary/aromatic N) is 1. The Hall–Kier alpha value is -1.82. The van der Waals surface area contributed by atoms with Gasteiger partial charge in [0.05, 0.1) is 21.4 Å². The molecule has 0 saturated heterocycles. The fourth-order valence-corrected chi connectivity index (χ4v) is 4.42. The normalized spacial score (nSPS) is 11.3. The van der Waals surface area contributed by atoms with E-state index in [2.05, 4.69) is 11.1 Å². The molecule has 0 saturated carbocycles. The summed E-state index contributed by atoms with van der Waals surface area (Å²) in [4.78, 5) is 16.7. The molecule has 0 spiro atoms. The zero-order chi connectivity index (χ0) is 15.8. The van der Waals surface area contributed by atoms with Gasteiger partial charge in [0, 0.05) is 11.1 Å². The number of rotatable bonds is 3. The molecule has 0 N–H and O–H groups in total. The third-order valence-corrected chi connectivity index (χ3v) is 5.79. The molecule has 2 aromatic heterocycles. The van der Waals surface area contributed by atoms with Gasteiger partial charge < -0.3 is 4.42 Å². The summed E-state index contributed by atoms with van der Waals surface area (Å²) in [5.41, 5.74) is 1.48. The molecule has 0 fully saturated rings. The number of halogens is 1. The van der Waals surface area contributed by atoms with E-state index in [9.17, 15) is 4.79 Å². The van der Waals surface area contributed by atoms with Gasteiger partial charge in [-0.1, -0.05) is 35.5 Å². The Bertz CT molecular complexity index is 1040. The van der Waals surface area contributed by atoms with E-state index in [0.717, 1.165) is 14.6 Å². The number of thioether (sulfide) groups is 1. The van der Waals surface area contributed by atoms with Crippen LogP contribution in [0.5, 0.6) is 0 Å². The first kappa shape index (κ1) is 14.8. The number of fused-ring (bicyclic) bond motifs is 2. The second kappa shape index (κ2) is 6.00. The van der Waals surface area contributed by atoms with E-state index in [4.69, 9.17) is 16.0 Å². The van der Waals surface area contributed by atoms with E-state index in [-0.39, 0.29) is 5.43 Å². The highest BCUT2D eigenvalue weighted by Crippen LogP contribution is 2.31. The van der Waals surface area contributed by atoms with Crippen molar-refractivity contribution in [2.75, 3.05) is 0 Å². The summed E-state index contributed by atoms with van der Waals surface area (Å²) in [5.74, 6) is 1.20. The van der Waals surface area contributed by atoms with Gasteiger partial charge in [0.2, 0.25) is 0 Å². The highest BCUT2D eigenvalue weighted by molar-refractivity contribution is 8.00. The van der Waals surface area contributed by atoms with E-state index in [1.165, 1.54) is 6.07 Å². The van der Waals surface area contributed by atoms with Gasteiger partial charge in [0.15, 0.2) is 9.77 Å². The Morgan fingerprint density at radius 1 is 1.17 bits per heavy atom. The molecule has 2 aromatic carbocycles. The molecule has 4 aromatic rings. The van der Waals surface area contributed by atoms with Crippen LogP contribution in [0.15, 0.2) is 62.1 Å². The van der Waals surface area contributed by atoms with Crippen LogP contribution in [-0.2, 0) is 5.75 Å². The van der Waals surface area contributed by atoms with Crippen molar-refractivity contribution in [2.24, 2.45) is 0 Å². The standard InChI is InChI=1S/C17H10ClNO2S2/c18-10-5-6-15-12(7-10)14(20)8-11(21-15)9-22-17-19-13-3-1-2-4-16(13)23-17/h1-8H,9H2. The fraction of sp³-hybridized carbons (Fsp3) is 0.0588. The topological polar surface area (TPSA) is 43.1 Å². The third-order valence-electron chi connectivity index (χ3n) is 3.35. The van der Waals surface area contributed by atoms with E-state index in [1.807, 2.05) is 18.2 Å². The second-order valence-electron chi connectivity index (χ2n) is 4.95. The molecule has 2 heterocycles. The predicted molar refractivity (Wildman–Crippen MR) is 96.7 cm³/mol. The number of thiazole rings is 1. The maximum Gasteiger partial charge on any atom is 0.193 e. The van der Waals surface area contributed by atoms with Crippen molar-refractivity contribution in [1.29, 1.82) is 0 Å². The smallest absolute Gasteiger partial charge is 0.193 e. The van der Waals surface area contributed by atoms with Crippen molar-refractivity contribution in [2.45, 2.75) is 10.1 Å². The van der Waals surface area contributed by atoms with Gasteiger partial charge in [-0.15, -0.1) is 11.3 Å². The Kier molecular flexibility index (Phi) is 3.85. The lowest BCUT2D eigenvalue weighted by Gasteiger charge is -2.02. The van der Waals surface area contributed by atoms with Crippen molar-refractivity contribution in [1.82, 2.24) is 4.98 Å². The van der Waals surface area contributed by atoms with E-state index in [0.29, 0.717) is 27.5 Å². The Morgan fingerprint density at radius 2 is 2.04 bits per heavy atom. The molecule has 4 rings (SSSR count). The lowest BCUT2D eigenvalue weighted by molar-refractivity contribution is 0.560. The molecule has 23 heavy (non-hydrogen) atoms. The van der Waals surface area contributed by atoms with Crippen molar-refractivity contribution < 1.29 is 4.42 Å². The van der Waals surface area contributed by atoms with Gasteiger partial charge >= 0.3 is 0 Å². The summed E-state index contributed by atoms with van der Waals surface area (Å²) >= 11 is 9.13. The van der Waals surface area contributed by atoms with Gasteiger partial charge in [-0.2, -0.15) is 0 Å². The molecule has 0 aliphatic carbocycles. The Balaban J connectivity index is 1.62. The summed E-state index contributed by atoms with van der Waals surface area (Å²) in [6, 6.07) is 14.6. The summed E-state index contributed by atoms with van der Waals surface area (Å²) < 4.78 is 7.91. The average Bonchev–Trinajstić information content (AvgIpc) is 2.96. The van der Waals surface area contributed by atoms with Gasteiger partial charge in [0.1, 0.15) is 11.3 Å². The first-order valence-electron chi connectivity index (χ1n) is 6.90. The maximum atomic E-state index is 12.2. The zero-order valence-electron chi connectivity index (χ0n) is 11.8. The molecule has 0 bridgehead atoms. The molecule has 0 unspecified atom stereocenters. The van der Waals surface area contributed by atoms with Gasteiger partial charge in [0.25, 0.3) is 0 Å². The average molecular weight is 360 g/mol. The first-order chi connectivity index (χ1) is 11.2. The molecule has 6 heteroatoms. The monoisotopic (exact) mass is 359 g/mol. The quantitative estimate of drug-likeness (QED) is 0.462. The van der Waals surface area contributed by atoms with E-state index in [1.54, 1.807) is 41.3 Å². The second-order valence-corrected chi connectivity index (χ2v) is 7.64. The van der Waals surface area contributed by atoms with Crippen LogP contribution in [0, 0.1) is 0 Å². The molecule has 0 amide bonds. The van der Waals surface area contributed by atoms with Crippen molar-refractivity contribution in [3.05, 3.63) is 69.5 Å². The summed E-state index contributed by atoms with van der Waals surface area (Å²) in [5, 5.41) is 1.03. The molecular formula is C17H10ClNO2S2. The predicted octanol–water partition coefficient (Wildman–Crippen LogP) is 5.35.